The van der Waals surface area contributed by atoms with E-state index in [-0.39, 0.29) is 24.8 Å². The molecule has 1 N–H and O–H groups in total. The van der Waals surface area contributed by atoms with Crippen LogP contribution in [-0.4, -0.2) is 79.1 Å². The average molecular weight is 411 g/mol. The minimum Gasteiger partial charge on any atom is -0.486 e. The molecule has 1 amide bonds. The Hall–Kier alpha value is -1.70. The number of carbonyl (C=O) groups is 1. The molecule has 0 bridgehead atoms. The van der Waals surface area contributed by atoms with Gasteiger partial charge < -0.3 is 19.3 Å². The molecule has 1 aromatic carbocycles. The van der Waals surface area contributed by atoms with Gasteiger partial charge in [0.2, 0.25) is 0 Å². The normalized spacial score (nSPS) is 25.8. The fourth-order valence-electron chi connectivity index (χ4n) is 4.16. The van der Waals surface area contributed by atoms with E-state index in [1.54, 1.807) is 17.0 Å². The molecular formula is C20H27ClN2O5. The number of likely N-dealkylation sites (tertiary alicyclic amines) is 1. The molecular weight excluding hydrogens is 384 g/mol. The third-order valence-corrected chi connectivity index (χ3v) is 6.09. The van der Waals surface area contributed by atoms with Crippen LogP contribution in [0.3, 0.4) is 0 Å². The zero-order valence-electron chi connectivity index (χ0n) is 15.9. The maximum atomic E-state index is 11.7. The summed E-state index contributed by atoms with van der Waals surface area (Å²) in [5.74, 6) is 2.06. The maximum Gasteiger partial charge on any atom is 0.410 e. The van der Waals surface area contributed by atoms with Crippen molar-refractivity contribution in [1.29, 1.82) is 0 Å². The van der Waals surface area contributed by atoms with Gasteiger partial charge in [0.15, 0.2) is 11.5 Å². The first-order valence-corrected chi connectivity index (χ1v) is 10.4. The first-order valence-electron chi connectivity index (χ1n) is 9.98. The van der Waals surface area contributed by atoms with Gasteiger partial charge in [-0.2, -0.15) is 0 Å². The highest BCUT2D eigenvalue weighted by Gasteiger charge is 2.33. The van der Waals surface area contributed by atoms with Crippen LogP contribution in [0.4, 0.5) is 4.79 Å². The molecule has 0 saturated carbocycles. The number of fused-ring (bicyclic) bond motifs is 1. The van der Waals surface area contributed by atoms with Crippen LogP contribution < -0.4 is 9.47 Å². The van der Waals surface area contributed by atoms with Crippen molar-refractivity contribution in [3.8, 4) is 11.5 Å². The van der Waals surface area contributed by atoms with Gasteiger partial charge in [-0.1, -0.05) is 11.6 Å². The van der Waals surface area contributed by atoms with Gasteiger partial charge in [0.05, 0.1) is 12.6 Å². The second-order valence-corrected chi connectivity index (χ2v) is 8.22. The third kappa shape index (κ3) is 4.47. The molecule has 0 spiro atoms. The quantitative estimate of drug-likeness (QED) is 0.776. The molecule has 2 fully saturated rings. The number of aliphatic hydroxyl groups is 1. The predicted molar refractivity (Wildman–Crippen MR) is 104 cm³/mol. The standard InChI is InChI=1S/C20H27ClN2O5/c21-15-1-2-18-19(9-15)28-17(13-26-18)10-22-6-3-14(4-7-22)5-8-23-16(11-24)12-27-20(23)25/h1-2,9,14,16-17,24H,3-8,10-13H2/t16-,17+/m1/s1. The molecule has 3 aliphatic heterocycles. The molecule has 2 atom stereocenters. The Morgan fingerprint density at radius 1 is 1.14 bits per heavy atom. The Balaban J connectivity index is 1.20. The van der Waals surface area contributed by atoms with E-state index in [0.717, 1.165) is 50.4 Å². The summed E-state index contributed by atoms with van der Waals surface area (Å²) in [4.78, 5) is 15.8. The predicted octanol–water partition coefficient (Wildman–Crippen LogP) is 2.40. The number of benzene rings is 1. The number of cyclic esters (lactones) is 1. The lowest BCUT2D eigenvalue weighted by Crippen LogP contribution is -2.44. The Bertz CT molecular complexity index is 695. The van der Waals surface area contributed by atoms with E-state index in [4.69, 9.17) is 25.8 Å². The summed E-state index contributed by atoms with van der Waals surface area (Å²) in [6.45, 7) is 4.33. The molecule has 8 heteroatoms. The maximum absolute atomic E-state index is 11.7. The van der Waals surface area contributed by atoms with Crippen molar-refractivity contribution in [3.05, 3.63) is 23.2 Å². The number of aliphatic hydroxyl groups excluding tert-OH is 1. The highest BCUT2D eigenvalue weighted by Crippen LogP contribution is 2.34. The Labute approximate surface area is 170 Å². The lowest BCUT2D eigenvalue weighted by molar-refractivity contribution is 0.0464. The highest BCUT2D eigenvalue weighted by atomic mass is 35.5. The summed E-state index contributed by atoms with van der Waals surface area (Å²) in [5.41, 5.74) is 0. The van der Waals surface area contributed by atoms with Gasteiger partial charge in [-0.3, -0.25) is 9.80 Å². The van der Waals surface area contributed by atoms with Gasteiger partial charge in [-0.15, -0.1) is 0 Å². The number of carbonyl (C=O) groups excluding carboxylic acids is 1. The molecule has 0 radical (unpaired) electrons. The van der Waals surface area contributed by atoms with Crippen molar-refractivity contribution in [2.75, 3.05) is 46.0 Å². The number of rotatable bonds is 6. The van der Waals surface area contributed by atoms with Crippen molar-refractivity contribution in [3.63, 3.8) is 0 Å². The number of halogens is 1. The first kappa shape index (κ1) is 19.6. The van der Waals surface area contributed by atoms with Gasteiger partial charge >= 0.3 is 6.09 Å². The van der Waals surface area contributed by atoms with E-state index in [2.05, 4.69) is 4.90 Å². The topological polar surface area (TPSA) is 71.5 Å². The Morgan fingerprint density at radius 2 is 1.96 bits per heavy atom. The summed E-state index contributed by atoms with van der Waals surface area (Å²) in [7, 11) is 0. The molecule has 0 aliphatic carbocycles. The zero-order valence-corrected chi connectivity index (χ0v) is 16.6. The fourth-order valence-corrected chi connectivity index (χ4v) is 4.32. The van der Waals surface area contributed by atoms with E-state index in [1.165, 1.54) is 0 Å². The Morgan fingerprint density at radius 3 is 2.75 bits per heavy atom. The monoisotopic (exact) mass is 410 g/mol. The van der Waals surface area contributed by atoms with Crippen LogP contribution in [-0.2, 0) is 4.74 Å². The highest BCUT2D eigenvalue weighted by molar-refractivity contribution is 6.30. The lowest BCUT2D eigenvalue weighted by Gasteiger charge is -2.36. The largest absolute Gasteiger partial charge is 0.486 e. The third-order valence-electron chi connectivity index (χ3n) is 5.86. The summed E-state index contributed by atoms with van der Waals surface area (Å²) in [6.07, 6.45) is 2.86. The molecule has 0 unspecified atom stereocenters. The van der Waals surface area contributed by atoms with Crippen LogP contribution in [0, 0.1) is 5.92 Å². The smallest absolute Gasteiger partial charge is 0.410 e. The minimum absolute atomic E-state index is 0.00667. The second kappa shape index (κ2) is 8.76. The van der Waals surface area contributed by atoms with Crippen molar-refractivity contribution < 1.29 is 24.1 Å². The van der Waals surface area contributed by atoms with E-state index in [1.807, 2.05) is 6.07 Å². The molecule has 154 valence electrons. The SMILES string of the molecule is O=C1OC[C@@H](CO)N1CCC1CCN(C[C@H]2COc3ccc(Cl)cc3O2)CC1. The summed E-state index contributed by atoms with van der Waals surface area (Å²) >= 11 is 6.04. The molecule has 3 heterocycles. The number of hydrogen-bond acceptors (Lipinski definition) is 6. The van der Waals surface area contributed by atoms with Crippen LogP contribution >= 0.6 is 11.6 Å². The summed E-state index contributed by atoms with van der Waals surface area (Å²) in [6, 6.07) is 5.27. The van der Waals surface area contributed by atoms with Crippen molar-refractivity contribution in [2.24, 2.45) is 5.92 Å². The molecule has 7 nitrogen and oxygen atoms in total. The Kier molecular flexibility index (Phi) is 6.13. The van der Waals surface area contributed by atoms with E-state index in [0.29, 0.717) is 30.7 Å². The lowest BCUT2D eigenvalue weighted by atomic mass is 9.93. The number of amides is 1. The van der Waals surface area contributed by atoms with Gasteiger partial charge in [0.1, 0.15) is 19.3 Å². The molecule has 0 aromatic heterocycles. The average Bonchev–Trinajstić information content (AvgIpc) is 3.07. The number of piperidine rings is 1. The fraction of sp³-hybridized carbons (Fsp3) is 0.650. The van der Waals surface area contributed by atoms with Gasteiger partial charge in [-0.05, 0) is 50.4 Å². The number of hydrogen-bond donors (Lipinski definition) is 1. The molecule has 2 saturated heterocycles. The van der Waals surface area contributed by atoms with Crippen molar-refractivity contribution in [1.82, 2.24) is 9.80 Å². The van der Waals surface area contributed by atoms with Crippen LogP contribution in [0.5, 0.6) is 11.5 Å². The van der Waals surface area contributed by atoms with Gasteiger partial charge in [-0.25, -0.2) is 4.79 Å². The zero-order chi connectivity index (χ0) is 19.5. The van der Waals surface area contributed by atoms with E-state index >= 15 is 0 Å². The van der Waals surface area contributed by atoms with Gasteiger partial charge in [0.25, 0.3) is 0 Å². The first-order chi connectivity index (χ1) is 13.6. The number of nitrogens with zero attached hydrogens (tertiary/aromatic N) is 2. The van der Waals surface area contributed by atoms with Gasteiger partial charge in [0, 0.05) is 24.2 Å². The molecule has 4 rings (SSSR count). The van der Waals surface area contributed by atoms with Crippen LogP contribution in [0.25, 0.3) is 0 Å². The van der Waals surface area contributed by atoms with E-state index < -0.39 is 0 Å². The molecule has 3 aliphatic rings. The number of ether oxygens (including phenoxy) is 3. The van der Waals surface area contributed by atoms with Crippen LogP contribution in [0.2, 0.25) is 5.02 Å². The second-order valence-electron chi connectivity index (χ2n) is 7.78. The summed E-state index contributed by atoms with van der Waals surface area (Å²) < 4.78 is 16.9. The van der Waals surface area contributed by atoms with Crippen molar-refractivity contribution in [2.45, 2.75) is 31.4 Å². The summed E-state index contributed by atoms with van der Waals surface area (Å²) in [5, 5.41) is 10.00. The van der Waals surface area contributed by atoms with Crippen LogP contribution in [0.1, 0.15) is 19.3 Å². The molecule has 28 heavy (non-hydrogen) atoms. The van der Waals surface area contributed by atoms with Crippen molar-refractivity contribution >= 4 is 17.7 Å². The van der Waals surface area contributed by atoms with Crippen LogP contribution in [0.15, 0.2) is 18.2 Å². The minimum atomic E-state index is -0.300. The van der Waals surface area contributed by atoms with E-state index in [9.17, 15) is 9.90 Å². The molecule has 1 aromatic rings.